The number of nitrogens with two attached hydrogens (primary N) is 1. The van der Waals surface area contributed by atoms with Crippen molar-refractivity contribution in [1.82, 2.24) is 4.98 Å². The molecule has 2 heterocycles. The molecular formula is C18H23N5O2. The minimum absolute atomic E-state index is 0.384. The molecule has 0 spiro atoms. The number of aliphatic imine (C=N–C) groups is 1. The number of anilines is 2. The van der Waals surface area contributed by atoms with Crippen molar-refractivity contribution in [3.8, 4) is 11.5 Å². The van der Waals surface area contributed by atoms with Crippen LogP contribution in [0.5, 0.6) is 11.5 Å². The molecule has 1 aliphatic heterocycles. The Morgan fingerprint density at radius 2 is 2.04 bits per heavy atom. The van der Waals surface area contributed by atoms with Crippen molar-refractivity contribution in [2.24, 2.45) is 10.7 Å². The number of aromatic nitrogens is 1. The van der Waals surface area contributed by atoms with E-state index in [0.717, 1.165) is 22.8 Å². The molecule has 3 N–H and O–H groups in total. The molecule has 1 unspecified atom stereocenters. The van der Waals surface area contributed by atoms with E-state index in [4.69, 9.17) is 15.2 Å². The number of amidine groups is 1. The van der Waals surface area contributed by atoms with Gasteiger partial charge in [-0.3, -0.25) is 9.98 Å². The fourth-order valence-electron chi connectivity index (χ4n) is 2.89. The Morgan fingerprint density at radius 3 is 2.68 bits per heavy atom. The molecule has 7 heteroatoms. The van der Waals surface area contributed by atoms with Gasteiger partial charge in [0, 0.05) is 37.6 Å². The van der Waals surface area contributed by atoms with Gasteiger partial charge in [0.1, 0.15) is 12.0 Å². The normalized spacial score (nSPS) is 17.8. The fraction of sp³-hybridized carbons (Fsp3) is 0.333. The Hall–Kier alpha value is -2.80. The SMILES string of the molecule is CCN=C1Nc2cc(OC)c(OC)cc2N(Cc2cccnc2)C1N. The zero-order chi connectivity index (χ0) is 17.8. The lowest BCUT2D eigenvalue weighted by Crippen LogP contribution is -2.53. The lowest BCUT2D eigenvalue weighted by molar-refractivity contribution is 0.355. The number of rotatable bonds is 5. The molecule has 0 fully saturated rings. The van der Waals surface area contributed by atoms with Gasteiger partial charge in [-0.2, -0.15) is 0 Å². The highest BCUT2D eigenvalue weighted by Gasteiger charge is 2.30. The summed E-state index contributed by atoms with van der Waals surface area (Å²) in [6.07, 6.45) is 3.21. The predicted molar refractivity (Wildman–Crippen MR) is 99.5 cm³/mol. The summed E-state index contributed by atoms with van der Waals surface area (Å²) in [7, 11) is 3.24. The molecule has 0 amide bonds. The Balaban J connectivity index is 2.07. The lowest BCUT2D eigenvalue weighted by atomic mass is 10.1. The number of hydrogen-bond acceptors (Lipinski definition) is 6. The highest BCUT2D eigenvalue weighted by atomic mass is 16.5. The van der Waals surface area contributed by atoms with Crippen LogP contribution in [0.15, 0.2) is 41.7 Å². The van der Waals surface area contributed by atoms with Crippen molar-refractivity contribution in [1.29, 1.82) is 0 Å². The van der Waals surface area contributed by atoms with E-state index in [1.807, 2.05) is 37.4 Å². The van der Waals surface area contributed by atoms with Gasteiger partial charge in [0.15, 0.2) is 11.5 Å². The molecule has 132 valence electrons. The lowest BCUT2D eigenvalue weighted by Gasteiger charge is -2.38. The van der Waals surface area contributed by atoms with Crippen LogP contribution in [-0.2, 0) is 6.54 Å². The molecule has 3 rings (SSSR count). The Bertz CT molecular complexity index is 764. The monoisotopic (exact) mass is 341 g/mol. The maximum atomic E-state index is 6.47. The van der Waals surface area contributed by atoms with E-state index >= 15 is 0 Å². The number of methoxy groups -OCH3 is 2. The van der Waals surface area contributed by atoms with Crippen LogP contribution in [0.2, 0.25) is 0 Å². The van der Waals surface area contributed by atoms with Gasteiger partial charge in [0.25, 0.3) is 0 Å². The first-order valence-electron chi connectivity index (χ1n) is 8.16. The maximum absolute atomic E-state index is 6.47. The van der Waals surface area contributed by atoms with Gasteiger partial charge in [-0.05, 0) is 18.6 Å². The van der Waals surface area contributed by atoms with E-state index in [1.165, 1.54) is 0 Å². The molecule has 7 nitrogen and oxygen atoms in total. The minimum Gasteiger partial charge on any atom is -0.493 e. The van der Waals surface area contributed by atoms with Crippen LogP contribution < -0.4 is 25.4 Å². The van der Waals surface area contributed by atoms with Gasteiger partial charge in [-0.25, -0.2) is 0 Å². The van der Waals surface area contributed by atoms with Crippen molar-refractivity contribution in [2.75, 3.05) is 31.0 Å². The van der Waals surface area contributed by atoms with Crippen molar-refractivity contribution < 1.29 is 9.47 Å². The molecule has 0 aliphatic carbocycles. The van der Waals surface area contributed by atoms with E-state index in [1.54, 1.807) is 20.4 Å². The van der Waals surface area contributed by atoms with Gasteiger partial charge in [0.2, 0.25) is 0 Å². The molecule has 1 aromatic heterocycles. The first kappa shape index (κ1) is 17.0. The molecule has 0 radical (unpaired) electrons. The summed E-state index contributed by atoms with van der Waals surface area (Å²) in [4.78, 5) is 10.8. The number of ether oxygens (including phenoxy) is 2. The van der Waals surface area contributed by atoms with E-state index in [9.17, 15) is 0 Å². The van der Waals surface area contributed by atoms with Crippen molar-refractivity contribution in [2.45, 2.75) is 19.6 Å². The van der Waals surface area contributed by atoms with E-state index in [-0.39, 0.29) is 6.17 Å². The first-order chi connectivity index (χ1) is 12.2. The quantitative estimate of drug-likeness (QED) is 0.867. The van der Waals surface area contributed by atoms with Crippen LogP contribution in [0.25, 0.3) is 0 Å². The summed E-state index contributed by atoms with van der Waals surface area (Å²) < 4.78 is 10.9. The van der Waals surface area contributed by atoms with Gasteiger partial charge < -0.3 is 25.4 Å². The number of nitrogens with one attached hydrogen (secondary N) is 1. The van der Waals surface area contributed by atoms with Gasteiger partial charge in [0.05, 0.1) is 25.6 Å². The number of fused-ring (bicyclic) bond motifs is 1. The van der Waals surface area contributed by atoms with Crippen LogP contribution >= 0.6 is 0 Å². The fourth-order valence-corrected chi connectivity index (χ4v) is 2.89. The van der Waals surface area contributed by atoms with Gasteiger partial charge in [-0.1, -0.05) is 6.07 Å². The summed E-state index contributed by atoms with van der Waals surface area (Å²) in [5, 5.41) is 3.32. The molecular weight excluding hydrogens is 318 g/mol. The minimum atomic E-state index is -0.384. The predicted octanol–water partition coefficient (Wildman–Crippen LogP) is 2.23. The van der Waals surface area contributed by atoms with Gasteiger partial charge >= 0.3 is 0 Å². The largest absolute Gasteiger partial charge is 0.493 e. The maximum Gasteiger partial charge on any atom is 0.162 e. The van der Waals surface area contributed by atoms with Crippen LogP contribution in [-0.4, -0.2) is 37.7 Å². The van der Waals surface area contributed by atoms with Crippen molar-refractivity contribution >= 4 is 17.2 Å². The zero-order valence-corrected chi connectivity index (χ0v) is 14.7. The summed E-state index contributed by atoms with van der Waals surface area (Å²) >= 11 is 0. The Morgan fingerprint density at radius 1 is 1.28 bits per heavy atom. The van der Waals surface area contributed by atoms with Crippen LogP contribution in [0.3, 0.4) is 0 Å². The summed E-state index contributed by atoms with van der Waals surface area (Å²) in [5.74, 6) is 2.04. The average Bonchev–Trinajstić information content (AvgIpc) is 2.65. The molecule has 0 bridgehead atoms. The van der Waals surface area contributed by atoms with Crippen molar-refractivity contribution in [3.63, 3.8) is 0 Å². The van der Waals surface area contributed by atoms with E-state index in [0.29, 0.717) is 24.6 Å². The summed E-state index contributed by atoms with van der Waals surface area (Å²) in [5.41, 5.74) is 9.36. The Kier molecular flexibility index (Phi) is 5.04. The van der Waals surface area contributed by atoms with Crippen molar-refractivity contribution in [3.05, 3.63) is 42.2 Å². The second kappa shape index (κ2) is 7.40. The molecule has 2 aromatic rings. The Labute approximate surface area is 147 Å². The topological polar surface area (TPSA) is 85.0 Å². The van der Waals surface area contributed by atoms with Crippen LogP contribution in [0.4, 0.5) is 11.4 Å². The summed E-state index contributed by atoms with van der Waals surface area (Å²) in [6, 6.07) is 7.78. The van der Waals surface area contributed by atoms with E-state index < -0.39 is 0 Å². The third kappa shape index (κ3) is 3.36. The van der Waals surface area contributed by atoms with E-state index in [2.05, 4.69) is 20.2 Å². The zero-order valence-electron chi connectivity index (χ0n) is 14.7. The highest BCUT2D eigenvalue weighted by molar-refractivity contribution is 6.07. The third-order valence-corrected chi connectivity index (χ3v) is 4.09. The highest BCUT2D eigenvalue weighted by Crippen LogP contribution is 2.41. The molecule has 1 atom stereocenters. The second-order valence-corrected chi connectivity index (χ2v) is 5.64. The summed E-state index contributed by atoms with van der Waals surface area (Å²) in [6.45, 7) is 3.25. The molecule has 25 heavy (non-hydrogen) atoms. The third-order valence-electron chi connectivity index (χ3n) is 4.09. The van der Waals surface area contributed by atoms with Gasteiger partial charge in [-0.15, -0.1) is 0 Å². The van der Waals surface area contributed by atoms with Crippen LogP contribution in [0, 0.1) is 0 Å². The number of hydrogen-bond donors (Lipinski definition) is 2. The average molecular weight is 341 g/mol. The molecule has 1 aliphatic rings. The standard InChI is InChI=1S/C18H23N5O2/c1-4-21-18-17(19)23(11-12-6-5-7-20-10-12)14-9-16(25-3)15(24-2)8-13(14)22-18/h5-10,17H,4,11,19H2,1-3H3,(H,21,22). The molecule has 1 aromatic carbocycles. The second-order valence-electron chi connectivity index (χ2n) is 5.64. The number of pyridine rings is 1. The van der Waals surface area contributed by atoms with Crippen LogP contribution in [0.1, 0.15) is 12.5 Å². The smallest absolute Gasteiger partial charge is 0.162 e. The molecule has 0 saturated carbocycles. The molecule has 0 saturated heterocycles. The first-order valence-corrected chi connectivity index (χ1v) is 8.16. The number of nitrogens with zero attached hydrogens (tertiary/aromatic N) is 3. The number of benzene rings is 1.